The number of hydrogen-bond acceptors (Lipinski definition) is 10. The molecule has 1 aliphatic carbocycles. The molecule has 3 saturated heterocycles. The summed E-state index contributed by atoms with van der Waals surface area (Å²) in [5.74, 6) is -2.53. The van der Waals surface area contributed by atoms with Crippen LogP contribution in [0.1, 0.15) is 96.3 Å². The number of carbonyl (C=O) groups excluding carboxylic acids is 3. The Morgan fingerprint density at radius 3 is 2.41 bits per heavy atom. The van der Waals surface area contributed by atoms with E-state index in [1.165, 1.54) is 55.1 Å². The van der Waals surface area contributed by atoms with E-state index in [0.29, 0.717) is 48.4 Å². The van der Waals surface area contributed by atoms with E-state index in [0.717, 1.165) is 61.1 Å². The van der Waals surface area contributed by atoms with Gasteiger partial charge in [-0.15, -0.1) is 0 Å². The molecule has 17 heteroatoms. The summed E-state index contributed by atoms with van der Waals surface area (Å²) in [4.78, 5) is 43.9. The van der Waals surface area contributed by atoms with Gasteiger partial charge in [-0.05, 0) is 116 Å². The number of carbonyl (C=O) groups is 3. The van der Waals surface area contributed by atoms with Crippen molar-refractivity contribution in [3.63, 3.8) is 0 Å². The van der Waals surface area contributed by atoms with E-state index in [1.54, 1.807) is 4.90 Å². The maximum absolute atomic E-state index is 16.5. The van der Waals surface area contributed by atoms with Crippen molar-refractivity contribution in [1.29, 1.82) is 0 Å². The van der Waals surface area contributed by atoms with E-state index in [4.69, 9.17) is 26.8 Å². The van der Waals surface area contributed by atoms with Crippen molar-refractivity contribution >= 4 is 51.9 Å². The monoisotopic (exact) mass is 1030 g/mol. The molecule has 4 amide bonds. The highest BCUT2D eigenvalue weighted by Crippen LogP contribution is 2.57. The zero-order valence-electron chi connectivity index (χ0n) is 41.6. The van der Waals surface area contributed by atoms with E-state index in [1.807, 2.05) is 49.0 Å². The molecule has 5 heterocycles. The summed E-state index contributed by atoms with van der Waals surface area (Å²) in [6.45, 7) is 6.72. The summed E-state index contributed by atoms with van der Waals surface area (Å²) in [5.41, 5.74) is 10.4. The van der Waals surface area contributed by atoms with Gasteiger partial charge in [0.15, 0.2) is 23.0 Å². The van der Waals surface area contributed by atoms with Crippen molar-refractivity contribution in [1.82, 2.24) is 25.3 Å². The molecule has 14 nitrogen and oxygen atoms in total. The average molecular weight is 1030 g/mol. The first kappa shape index (κ1) is 49.6. The molecular weight excluding hydrogens is 966 g/mol. The molecule has 0 unspecified atom stereocenters. The molecule has 5 aromatic carbocycles. The number of primary amides is 1. The molecule has 74 heavy (non-hydrogen) atoms. The quantitative estimate of drug-likeness (QED) is 0.0828. The van der Waals surface area contributed by atoms with E-state index in [9.17, 15) is 19.5 Å². The van der Waals surface area contributed by atoms with Crippen LogP contribution < -0.4 is 35.6 Å². The van der Waals surface area contributed by atoms with Crippen molar-refractivity contribution in [2.75, 3.05) is 62.3 Å². The lowest BCUT2D eigenvalue weighted by molar-refractivity contribution is -0.120. The number of urea groups is 1. The zero-order chi connectivity index (χ0) is 51.5. The Morgan fingerprint density at radius 2 is 1.70 bits per heavy atom. The van der Waals surface area contributed by atoms with Gasteiger partial charge < -0.3 is 35.4 Å². The number of nitrogens with one attached hydrogen (secondary N) is 2. The summed E-state index contributed by atoms with van der Waals surface area (Å²) in [6.07, 6.45) is 7.38. The maximum Gasteiger partial charge on any atom is 0.329 e. The largest absolute Gasteiger partial charge is 0.488 e. The molecule has 5 N–H and O–H groups in total. The first-order valence-corrected chi connectivity index (χ1v) is 26.1. The number of aliphatic hydroxyl groups excluding tert-OH is 1. The van der Waals surface area contributed by atoms with E-state index >= 15 is 8.78 Å². The molecule has 1 aromatic heterocycles. The number of fused-ring (bicyclic) bond motifs is 2. The van der Waals surface area contributed by atoms with Gasteiger partial charge >= 0.3 is 6.03 Å². The summed E-state index contributed by atoms with van der Waals surface area (Å²) in [5, 5.41) is 20.6. The molecule has 1 saturated carbocycles. The molecule has 5 aliphatic rings. The Kier molecular flexibility index (Phi) is 13.4. The minimum Gasteiger partial charge on any atom is -0.488 e. The number of piperidine rings is 2. The fourth-order valence-electron chi connectivity index (χ4n) is 12.6. The highest BCUT2D eigenvalue weighted by molar-refractivity contribution is 6.34. The molecule has 4 aliphatic heterocycles. The van der Waals surface area contributed by atoms with Crippen LogP contribution in [0, 0.1) is 17.0 Å². The number of nitrogens with two attached hydrogens (primary N) is 1. The molecule has 4 fully saturated rings. The van der Waals surface area contributed by atoms with E-state index in [2.05, 4.69) is 68.0 Å². The summed E-state index contributed by atoms with van der Waals surface area (Å²) in [7, 11) is 1.91. The van der Waals surface area contributed by atoms with Crippen LogP contribution in [-0.2, 0) is 24.0 Å². The maximum atomic E-state index is 16.5. The van der Waals surface area contributed by atoms with Gasteiger partial charge in [0.05, 0.1) is 22.7 Å². The number of imide groups is 1. The van der Waals surface area contributed by atoms with Crippen LogP contribution in [0.3, 0.4) is 0 Å². The number of amides is 4. The second-order valence-corrected chi connectivity index (χ2v) is 21.3. The third-order valence-corrected chi connectivity index (χ3v) is 17.1. The van der Waals surface area contributed by atoms with Crippen LogP contribution in [0.25, 0.3) is 22.0 Å². The van der Waals surface area contributed by atoms with Crippen LogP contribution in [0.5, 0.6) is 11.5 Å². The number of likely N-dealkylation sites (tertiary alicyclic amines) is 1. The number of hydrogen-bond donors (Lipinski definition) is 4. The number of ether oxygens (including phenoxy) is 2. The standard InChI is InChI=1S/C57H61ClF2N8O6/c1-34-48-46(29-43(59)51(58)50(48)49-42(53(61)71)14-15-45(52(49)60)73-27-26-69)74-57(34,38-6-4-3-5-7-38)33-62-32-35-8-11-39(12-9-35)67-24-19-56(20-25-67)30-40(31-56)66-21-16-36(17-22-66)37-10-13-41-44(28-37)65(2)64-54(41)68-23-18-47(70)63-55(68)72/h3-15,28-29,34,36,40,62,69H,16-27,30-33H2,1-2H3,(H2,61,71)(H,63,70,72)/t34-,57-/m0/s1. The number of rotatable bonds is 14. The number of benzene rings is 5. The van der Waals surface area contributed by atoms with Crippen molar-refractivity contribution in [2.24, 2.45) is 18.2 Å². The molecule has 0 radical (unpaired) electrons. The predicted octanol–water partition coefficient (Wildman–Crippen LogP) is 8.90. The summed E-state index contributed by atoms with van der Waals surface area (Å²) < 4.78 is 46.4. The third-order valence-electron chi connectivity index (χ3n) is 16.7. The van der Waals surface area contributed by atoms with Gasteiger partial charge in [0.1, 0.15) is 18.2 Å². The normalized spacial score (nSPS) is 21.2. The lowest BCUT2D eigenvalue weighted by Gasteiger charge is -2.56. The summed E-state index contributed by atoms with van der Waals surface area (Å²) >= 11 is 6.72. The molecule has 2 atom stereocenters. The number of halogens is 3. The Hall–Kier alpha value is -6.59. The van der Waals surface area contributed by atoms with Crippen molar-refractivity contribution < 1.29 is 37.7 Å². The van der Waals surface area contributed by atoms with Crippen molar-refractivity contribution in [3.8, 4) is 22.6 Å². The SMILES string of the molecule is C[C@H]1c2c(cc(F)c(Cl)c2-c2c(C(N)=O)ccc(OCCO)c2F)O[C@]1(CNCc1ccc(N2CCC3(CC2)CC(N2CCC(c4ccc5c(N6CCC(=O)NC6=O)nn(C)c5c4)CC2)C3)cc1)c1ccccc1. The van der Waals surface area contributed by atoms with Crippen molar-refractivity contribution in [3.05, 3.63) is 135 Å². The fraction of sp³-hybridized carbons (Fsp3) is 0.404. The van der Waals surface area contributed by atoms with Gasteiger partial charge in [-0.1, -0.05) is 67.1 Å². The summed E-state index contributed by atoms with van der Waals surface area (Å²) in [6, 6.07) is 28.8. The van der Waals surface area contributed by atoms with Crippen LogP contribution in [0.15, 0.2) is 91.0 Å². The lowest BCUT2D eigenvalue weighted by Crippen LogP contribution is -2.56. The molecule has 1 spiro atoms. The van der Waals surface area contributed by atoms with Crippen LogP contribution in [0.4, 0.5) is 25.1 Å². The lowest BCUT2D eigenvalue weighted by atomic mass is 9.59. The minimum atomic E-state index is -1.09. The highest BCUT2D eigenvalue weighted by Gasteiger charge is 2.51. The van der Waals surface area contributed by atoms with Gasteiger partial charge in [-0.25, -0.2) is 13.6 Å². The van der Waals surface area contributed by atoms with Gasteiger partial charge in [-0.3, -0.25) is 24.5 Å². The Bertz CT molecular complexity index is 3130. The number of anilines is 2. The van der Waals surface area contributed by atoms with Crippen LogP contribution in [0.2, 0.25) is 5.02 Å². The number of aromatic nitrogens is 2. The topological polar surface area (TPSA) is 168 Å². The molecule has 11 rings (SSSR count). The third kappa shape index (κ3) is 8.92. The van der Waals surface area contributed by atoms with E-state index in [-0.39, 0.29) is 58.8 Å². The first-order chi connectivity index (χ1) is 35.8. The average Bonchev–Trinajstić information content (AvgIpc) is 3.87. The Balaban J connectivity index is 0.700. The van der Waals surface area contributed by atoms with Crippen molar-refractivity contribution in [2.45, 2.75) is 81.9 Å². The number of nitrogens with zero attached hydrogens (tertiary/aromatic N) is 5. The second-order valence-electron chi connectivity index (χ2n) is 20.9. The zero-order valence-corrected chi connectivity index (χ0v) is 42.4. The smallest absolute Gasteiger partial charge is 0.329 e. The predicted molar refractivity (Wildman–Crippen MR) is 280 cm³/mol. The Labute approximate surface area is 433 Å². The van der Waals surface area contributed by atoms with E-state index < -0.39 is 35.1 Å². The fourth-order valence-corrected chi connectivity index (χ4v) is 12.9. The first-order valence-electron chi connectivity index (χ1n) is 25.8. The highest BCUT2D eigenvalue weighted by atomic mass is 35.5. The van der Waals surface area contributed by atoms with Gasteiger partial charge in [0.25, 0.3) is 0 Å². The Morgan fingerprint density at radius 1 is 0.959 bits per heavy atom. The van der Waals surface area contributed by atoms with Crippen LogP contribution in [-0.4, -0.2) is 96.2 Å². The minimum absolute atomic E-state index is 0.0395. The van der Waals surface area contributed by atoms with Gasteiger partial charge in [0, 0.05) is 92.0 Å². The number of aliphatic hydroxyl groups is 1. The molecule has 386 valence electrons. The molecular formula is C57H61ClF2N8O6. The molecule has 6 aromatic rings. The molecule has 0 bridgehead atoms. The van der Waals surface area contributed by atoms with Gasteiger partial charge in [-0.2, -0.15) is 5.10 Å². The van der Waals surface area contributed by atoms with Gasteiger partial charge in [0.2, 0.25) is 11.8 Å². The second kappa shape index (κ2) is 19.9. The number of aryl methyl sites for hydroxylation is 1. The van der Waals surface area contributed by atoms with Crippen LogP contribution >= 0.6 is 11.6 Å².